The molecule has 0 aromatic heterocycles. The molecule has 2 aliphatic rings. The van der Waals surface area contributed by atoms with Crippen LogP contribution in [0.25, 0.3) is 0 Å². The molecule has 1 amide bonds. The molecule has 0 radical (unpaired) electrons. The molecule has 0 spiro atoms. The number of ether oxygens (including phenoxy) is 1. The van der Waals surface area contributed by atoms with Gasteiger partial charge in [0.05, 0.1) is 13.7 Å². The normalized spacial score (nSPS) is 18.9. The summed E-state index contributed by atoms with van der Waals surface area (Å²) < 4.78 is 33.0. The third kappa shape index (κ3) is 4.75. The Kier molecular flexibility index (Phi) is 6.41. The van der Waals surface area contributed by atoms with Crippen LogP contribution in [0.3, 0.4) is 0 Å². The van der Waals surface area contributed by atoms with E-state index in [1.54, 1.807) is 0 Å². The molecule has 0 bridgehead atoms. The van der Waals surface area contributed by atoms with Crippen molar-refractivity contribution < 1.29 is 23.1 Å². The lowest BCUT2D eigenvalue weighted by molar-refractivity contribution is -0.119. The lowest BCUT2D eigenvalue weighted by atomic mass is 9.90. The van der Waals surface area contributed by atoms with Crippen molar-refractivity contribution in [3.8, 4) is 5.75 Å². The number of Topliss-reactive ketones (excluding diaryl/α,β-unsaturated/α-hetero) is 1. The summed E-state index contributed by atoms with van der Waals surface area (Å²) in [5.74, 6) is -1.70. The maximum atomic E-state index is 14.1. The van der Waals surface area contributed by atoms with Crippen LogP contribution in [0.15, 0.2) is 30.3 Å². The Balaban J connectivity index is 1.34. The van der Waals surface area contributed by atoms with Gasteiger partial charge in [0.2, 0.25) is 5.91 Å². The Morgan fingerprint density at radius 3 is 2.56 bits per heavy atom. The van der Waals surface area contributed by atoms with E-state index in [0.29, 0.717) is 44.6 Å². The first kappa shape index (κ1) is 22.2. The van der Waals surface area contributed by atoms with Crippen molar-refractivity contribution in [1.29, 1.82) is 0 Å². The molecule has 1 atom stereocenters. The van der Waals surface area contributed by atoms with Crippen molar-refractivity contribution in [3.63, 3.8) is 0 Å². The van der Waals surface area contributed by atoms with Crippen LogP contribution >= 0.6 is 0 Å². The van der Waals surface area contributed by atoms with Gasteiger partial charge in [-0.15, -0.1) is 0 Å². The van der Waals surface area contributed by atoms with Gasteiger partial charge in [-0.3, -0.25) is 14.5 Å². The van der Waals surface area contributed by atoms with Gasteiger partial charge in [0.1, 0.15) is 5.78 Å². The van der Waals surface area contributed by atoms with Crippen LogP contribution in [0.1, 0.15) is 24.5 Å². The first-order valence-electron chi connectivity index (χ1n) is 10.8. The van der Waals surface area contributed by atoms with E-state index in [2.05, 4.69) is 5.32 Å². The highest BCUT2D eigenvalue weighted by Crippen LogP contribution is 2.29. The van der Waals surface area contributed by atoms with E-state index in [-0.39, 0.29) is 30.0 Å². The number of nitrogens with zero attached hydrogens (tertiary/aromatic N) is 2. The maximum absolute atomic E-state index is 14.1. The van der Waals surface area contributed by atoms with Crippen molar-refractivity contribution in [3.05, 3.63) is 53.1 Å². The number of fused-ring (bicyclic) bond motifs is 1. The van der Waals surface area contributed by atoms with Gasteiger partial charge in [0.15, 0.2) is 17.4 Å². The van der Waals surface area contributed by atoms with Crippen LogP contribution in [0.5, 0.6) is 5.75 Å². The van der Waals surface area contributed by atoms with Crippen LogP contribution in [-0.4, -0.2) is 55.9 Å². The van der Waals surface area contributed by atoms with E-state index in [9.17, 15) is 18.4 Å². The van der Waals surface area contributed by atoms with Gasteiger partial charge >= 0.3 is 0 Å². The van der Waals surface area contributed by atoms with E-state index in [0.717, 1.165) is 16.8 Å². The van der Waals surface area contributed by atoms with E-state index in [4.69, 9.17) is 4.74 Å². The minimum Gasteiger partial charge on any atom is -0.491 e. The maximum Gasteiger partial charge on any atom is 0.238 e. The molecule has 4 rings (SSSR count). The number of nitrogens with one attached hydrogen (secondary N) is 1. The van der Waals surface area contributed by atoms with Crippen molar-refractivity contribution >= 4 is 23.1 Å². The second kappa shape index (κ2) is 9.24. The molecule has 1 aliphatic heterocycles. The zero-order valence-electron chi connectivity index (χ0n) is 18.3. The number of amides is 1. The Morgan fingerprint density at radius 1 is 1.12 bits per heavy atom. The summed E-state index contributed by atoms with van der Waals surface area (Å²) in [4.78, 5) is 28.1. The molecule has 0 saturated carbocycles. The Hall–Kier alpha value is -3.00. The van der Waals surface area contributed by atoms with Gasteiger partial charge in [0, 0.05) is 62.0 Å². The predicted molar refractivity (Wildman–Crippen MR) is 118 cm³/mol. The molecule has 2 aromatic carbocycles. The van der Waals surface area contributed by atoms with Gasteiger partial charge < -0.3 is 15.0 Å². The third-order valence-corrected chi connectivity index (χ3v) is 6.15. The zero-order chi connectivity index (χ0) is 22.8. The SMILES string of the molecule is COc1c(F)cc(N2CCN(CC(=O)Nc3ccc4c(c3)CCC(=O)C4)C[C@H]2C)cc1F. The fourth-order valence-corrected chi connectivity index (χ4v) is 4.55. The highest BCUT2D eigenvalue weighted by Gasteiger charge is 2.27. The summed E-state index contributed by atoms with van der Waals surface area (Å²) in [6, 6.07) is 8.24. The largest absolute Gasteiger partial charge is 0.491 e. The molecule has 1 aliphatic carbocycles. The number of anilines is 2. The van der Waals surface area contributed by atoms with Crippen molar-refractivity contribution in [2.24, 2.45) is 0 Å². The molecule has 32 heavy (non-hydrogen) atoms. The molecule has 170 valence electrons. The van der Waals surface area contributed by atoms with E-state index < -0.39 is 11.6 Å². The molecule has 1 fully saturated rings. The number of ketones is 1. The second-order valence-corrected chi connectivity index (χ2v) is 8.47. The van der Waals surface area contributed by atoms with Gasteiger partial charge in [-0.2, -0.15) is 0 Å². The average Bonchev–Trinajstić information content (AvgIpc) is 2.73. The Bertz CT molecular complexity index is 1020. The summed E-state index contributed by atoms with van der Waals surface area (Å²) >= 11 is 0. The molecule has 1 N–H and O–H groups in total. The first-order chi connectivity index (χ1) is 15.3. The fourth-order valence-electron chi connectivity index (χ4n) is 4.55. The molecule has 1 saturated heterocycles. The van der Waals surface area contributed by atoms with Gasteiger partial charge in [-0.1, -0.05) is 6.07 Å². The molecule has 6 nitrogen and oxygen atoms in total. The Morgan fingerprint density at radius 2 is 1.88 bits per heavy atom. The van der Waals surface area contributed by atoms with Crippen LogP contribution < -0.4 is 15.0 Å². The fraction of sp³-hybridized carbons (Fsp3) is 0.417. The number of methoxy groups -OCH3 is 1. The number of benzene rings is 2. The average molecular weight is 443 g/mol. The van der Waals surface area contributed by atoms with Gasteiger partial charge in [-0.25, -0.2) is 8.78 Å². The third-order valence-electron chi connectivity index (χ3n) is 6.15. The first-order valence-corrected chi connectivity index (χ1v) is 10.8. The standard InChI is InChI=1S/C24H27F2N3O3/c1-15-13-28(7-8-29(15)19-11-21(25)24(32-2)22(26)12-19)14-23(31)27-18-5-3-17-10-20(30)6-4-16(17)9-18/h3,5,9,11-12,15H,4,6-8,10,13-14H2,1-2H3,(H,27,31)/t15-/m1/s1. The molecule has 0 unspecified atom stereocenters. The van der Waals surface area contributed by atoms with Crippen molar-refractivity contribution in [1.82, 2.24) is 4.90 Å². The lowest BCUT2D eigenvalue weighted by Gasteiger charge is -2.41. The van der Waals surface area contributed by atoms with Gasteiger partial charge in [0.25, 0.3) is 0 Å². The quantitative estimate of drug-likeness (QED) is 0.769. The molecular weight excluding hydrogens is 416 g/mol. The highest BCUT2D eigenvalue weighted by atomic mass is 19.1. The number of rotatable bonds is 5. The Labute approximate surface area is 186 Å². The van der Waals surface area contributed by atoms with E-state index in [1.165, 1.54) is 19.2 Å². The number of hydrogen-bond acceptors (Lipinski definition) is 5. The number of piperazine rings is 1. The molecule has 1 heterocycles. The molecule has 2 aromatic rings. The lowest BCUT2D eigenvalue weighted by Crippen LogP contribution is -2.53. The summed E-state index contributed by atoms with van der Waals surface area (Å²) in [7, 11) is 1.23. The summed E-state index contributed by atoms with van der Waals surface area (Å²) in [5, 5.41) is 2.94. The van der Waals surface area contributed by atoms with Crippen molar-refractivity contribution in [2.45, 2.75) is 32.2 Å². The minimum atomic E-state index is -0.731. The topological polar surface area (TPSA) is 61.9 Å². The van der Waals surface area contributed by atoms with E-state index >= 15 is 0 Å². The summed E-state index contributed by atoms with van der Waals surface area (Å²) in [5.41, 5.74) is 3.35. The number of halogens is 2. The number of carbonyl (C=O) groups excluding carboxylic acids is 2. The van der Waals surface area contributed by atoms with E-state index in [1.807, 2.05) is 34.9 Å². The number of aryl methyl sites for hydroxylation is 1. The minimum absolute atomic E-state index is 0.0231. The number of hydrogen-bond donors (Lipinski definition) is 1. The predicted octanol–water partition coefficient (Wildman–Crippen LogP) is 3.18. The second-order valence-electron chi connectivity index (χ2n) is 8.47. The smallest absolute Gasteiger partial charge is 0.238 e. The number of carbonyl (C=O) groups is 2. The summed E-state index contributed by atoms with van der Waals surface area (Å²) in [6.45, 7) is 3.94. The zero-order valence-corrected chi connectivity index (χ0v) is 18.3. The molecule has 8 heteroatoms. The van der Waals surface area contributed by atoms with Crippen molar-refractivity contribution in [2.75, 3.05) is 43.5 Å². The monoisotopic (exact) mass is 443 g/mol. The van der Waals surface area contributed by atoms with Crippen LogP contribution in [-0.2, 0) is 22.4 Å². The molecular formula is C24H27F2N3O3. The van der Waals surface area contributed by atoms with Crippen LogP contribution in [0, 0.1) is 11.6 Å². The van der Waals surface area contributed by atoms with Crippen LogP contribution in [0.4, 0.5) is 20.2 Å². The van der Waals surface area contributed by atoms with Crippen LogP contribution in [0.2, 0.25) is 0 Å². The summed E-state index contributed by atoms with van der Waals surface area (Å²) in [6.07, 6.45) is 1.73. The highest BCUT2D eigenvalue weighted by molar-refractivity contribution is 5.92. The van der Waals surface area contributed by atoms with Gasteiger partial charge in [-0.05, 0) is 36.6 Å².